The van der Waals surface area contributed by atoms with E-state index in [-0.39, 0.29) is 0 Å². The van der Waals surface area contributed by atoms with Crippen LogP contribution in [-0.4, -0.2) is 0 Å². The van der Waals surface area contributed by atoms with E-state index in [4.69, 9.17) is 0 Å². The standard InChI is InChI=1S/C18H21I/c1-3-8-14(4-2)16-11-17(13-18(19)12-16)15-9-6-5-7-10-15/h3,6,8-14H,4-5,7H2,1-2H3/b8-3-. The topological polar surface area (TPSA) is 0 Å². The minimum absolute atomic E-state index is 0.534. The normalized spacial score (nSPS) is 16.7. The molecule has 0 aromatic heterocycles. The fraction of sp³-hybridized carbons (Fsp3) is 0.333. The maximum Gasteiger partial charge on any atom is 0.0139 e. The zero-order valence-electron chi connectivity index (χ0n) is 11.7. The van der Waals surface area contributed by atoms with Gasteiger partial charge in [0.1, 0.15) is 0 Å². The van der Waals surface area contributed by atoms with Gasteiger partial charge in [0.15, 0.2) is 0 Å². The molecular formula is C18H21I. The third-order valence-corrected chi connectivity index (χ3v) is 4.16. The van der Waals surface area contributed by atoms with Crippen molar-refractivity contribution in [2.45, 2.75) is 39.0 Å². The Kier molecular flexibility index (Phi) is 5.44. The second-order valence-electron chi connectivity index (χ2n) is 4.95. The lowest BCUT2D eigenvalue weighted by Gasteiger charge is -2.15. The third kappa shape index (κ3) is 3.82. The minimum Gasteiger partial charge on any atom is -0.0910 e. The first-order valence-corrected chi connectivity index (χ1v) is 8.13. The lowest BCUT2D eigenvalue weighted by Crippen LogP contribution is -1.97. The lowest BCUT2D eigenvalue weighted by atomic mass is 9.91. The molecule has 0 aliphatic heterocycles. The second kappa shape index (κ2) is 7.09. The van der Waals surface area contributed by atoms with Crippen LogP contribution in [0, 0.1) is 3.57 Å². The van der Waals surface area contributed by atoms with Gasteiger partial charge >= 0.3 is 0 Å². The van der Waals surface area contributed by atoms with Gasteiger partial charge in [-0.1, -0.05) is 43.4 Å². The third-order valence-electron chi connectivity index (χ3n) is 3.54. The largest absolute Gasteiger partial charge is 0.0910 e. The minimum atomic E-state index is 0.534. The molecule has 0 radical (unpaired) electrons. The summed E-state index contributed by atoms with van der Waals surface area (Å²) in [6, 6.07) is 6.96. The average Bonchev–Trinajstić information content (AvgIpc) is 2.45. The summed E-state index contributed by atoms with van der Waals surface area (Å²) in [6.45, 7) is 4.36. The van der Waals surface area contributed by atoms with Crippen LogP contribution in [0.5, 0.6) is 0 Å². The van der Waals surface area contributed by atoms with Crippen molar-refractivity contribution >= 4 is 28.2 Å². The molecule has 1 heteroatoms. The first-order chi connectivity index (χ1) is 9.24. The molecule has 0 N–H and O–H groups in total. The van der Waals surface area contributed by atoms with Gasteiger partial charge in [0.2, 0.25) is 0 Å². The molecule has 2 rings (SSSR count). The predicted octanol–water partition coefficient (Wildman–Crippen LogP) is 6.09. The van der Waals surface area contributed by atoms with E-state index in [2.05, 4.69) is 85.0 Å². The fourth-order valence-electron chi connectivity index (χ4n) is 2.54. The summed E-state index contributed by atoms with van der Waals surface area (Å²) in [5.74, 6) is 0.534. The van der Waals surface area contributed by atoms with Gasteiger partial charge < -0.3 is 0 Å². The molecule has 1 aromatic rings. The van der Waals surface area contributed by atoms with E-state index in [1.54, 1.807) is 0 Å². The lowest BCUT2D eigenvalue weighted by molar-refractivity contribution is 0.803. The van der Waals surface area contributed by atoms with E-state index in [1.807, 2.05) is 0 Å². The van der Waals surface area contributed by atoms with Gasteiger partial charge in [0.25, 0.3) is 0 Å². The molecule has 100 valence electrons. The molecule has 0 heterocycles. The highest BCUT2D eigenvalue weighted by molar-refractivity contribution is 14.1. The number of allylic oxidation sites excluding steroid dienone is 6. The van der Waals surface area contributed by atoms with Crippen LogP contribution in [0.4, 0.5) is 0 Å². The molecule has 1 aliphatic carbocycles. The quantitative estimate of drug-likeness (QED) is 0.448. The van der Waals surface area contributed by atoms with Crippen molar-refractivity contribution in [3.63, 3.8) is 0 Å². The number of halogens is 1. The van der Waals surface area contributed by atoms with Crippen LogP contribution >= 0.6 is 22.6 Å². The van der Waals surface area contributed by atoms with E-state index in [0.717, 1.165) is 6.42 Å². The van der Waals surface area contributed by atoms with Crippen LogP contribution in [0.25, 0.3) is 5.57 Å². The molecule has 1 aromatic carbocycles. The maximum absolute atomic E-state index is 2.43. The Balaban J connectivity index is 2.39. The molecule has 19 heavy (non-hydrogen) atoms. The van der Waals surface area contributed by atoms with Crippen LogP contribution in [0.3, 0.4) is 0 Å². The Morgan fingerprint density at radius 2 is 2.11 bits per heavy atom. The van der Waals surface area contributed by atoms with Crippen molar-refractivity contribution in [1.29, 1.82) is 0 Å². The molecule has 0 nitrogen and oxygen atoms in total. The highest BCUT2D eigenvalue weighted by Gasteiger charge is 2.10. The van der Waals surface area contributed by atoms with Crippen molar-refractivity contribution < 1.29 is 0 Å². The van der Waals surface area contributed by atoms with Gasteiger partial charge in [0.05, 0.1) is 0 Å². The van der Waals surface area contributed by atoms with Crippen molar-refractivity contribution in [1.82, 2.24) is 0 Å². The van der Waals surface area contributed by atoms with Crippen molar-refractivity contribution in [2.75, 3.05) is 0 Å². The Labute approximate surface area is 130 Å². The molecule has 0 fully saturated rings. The van der Waals surface area contributed by atoms with Crippen LogP contribution in [0.2, 0.25) is 0 Å². The zero-order chi connectivity index (χ0) is 13.7. The maximum atomic E-state index is 2.43. The molecular weight excluding hydrogens is 343 g/mol. The Morgan fingerprint density at radius 3 is 2.74 bits per heavy atom. The number of hydrogen-bond donors (Lipinski definition) is 0. The van der Waals surface area contributed by atoms with Crippen molar-refractivity contribution in [3.05, 3.63) is 63.3 Å². The van der Waals surface area contributed by atoms with E-state index in [0.29, 0.717) is 5.92 Å². The highest BCUT2D eigenvalue weighted by atomic mass is 127. The Hall–Kier alpha value is -0.830. The predicted molar refractivity (Wildman–Crippen MR) is 93.4 cm³/mol. The molecule has 0 bridgehead atoms. The van der Waals surface area contributed by atoms with E-state index in [9.17, 15) is 0 Å². The monoisotopic (exact) mass is 364 g/mol. The van der Waals surface area contributed by atoms with Crippen LogP contribution in [0.15, 0.2) is 48.6 Å². The summed E-state index contributed by atoms with van der Waals surface area (Å²) in [5.41, 5.74) is 4.17. The summed E-state index contributed by atoms with van der Waals surface area (Å²) < 4.78 is 1.33. The molecule has 0 saturated heterocycles. The first kappa shape index (κ1) is 14.6. The SMILES string of the molecule is C/C=C\C(CC)c1cc(I)cc(C2=CCCC=C2)c1. The van der Waals surface area contributed by atoms with Crippen LogP contribution in [0.1, 0.15) is 50.2 Å². The van der Waals surface area contributed by atoms with Gasteiger partial charge in [0, 0.05) is 9.49 Å². The van der Waals surface area contributed by atoms with E-state index >= 15 is 0 Å². The summed E-state index contributed by atoms with van der Waals surface area (Å²) in [6.07, 6.45) is 14.8. The van der Waals surface area contributed by atoms with E-state index in [1.165, 1.54) is 33.1 Å². The van der Waals surface area contributed by atoms with Crippen molar-refractivity contribution in [2.24, 2.45) is 0 Å². The summed E-state index contributed by atoms with van der Waals surface area (Å²) in [4.78, 5) is 0. The molecule has 0 saturated carbocycles. The van der Waals surface area contributed by atoms with Gasteiger partial charge in [-0.25, -0.2) is 0 Å². The Bertz CT molecular complexity index is 520. The second-order valence-corrected chi connectivity index (χ2v) is 6.20. The van der Waals surface area contributed by atoms with Crippen molar-refractivity contribution in [3.8, 4) is 0 Å². The first-order valence-electron chi connectivity index (χ1n) is 7.05. The molecule has 0 amide bonds. The number of hydrogen-bond acceptors (Lipinski definition) is 0. The molecule has 1 unspecified atom stereocenters. The van der Waals surface area contributed by atoms with Gasteiger partial charge in [-0.2, -0.15) is 0 Å². The molecule has 0 spiro atoms. The average molecular weight is 364 g/mol. The zero-order valence-corrected chi connectivity index (χ0v) is 13.9. The summed E-state index contributed by atoms with van der Waals surface area (Å²) in [5, 5.41) is 0. The van der Waals surface area contributed by atoms with Crippen LogP contribution in [-0.2, 0) is 0 Å². The number of benzene rings is 1. The Morgan fingerprint density at radius 1 is 1.26 bits per heavy atom. The number of rotatable bonds is 4. The van der Waals surface area contributed by atoms with Crippen LogP contribution < -0.4 is 0 Å². The smallest absolute Gasteiger partial charge is 0.0139 e. The van der Waals surface area contributed by atoms with Gasteiger partial charge in [-0.05, 0) is 77.6 Å². The highest BCUT2D eigenvalue weighted by Crippen LogP contribution is 2.29. The fourth-order valence-corrected chi connectivity index (χ4v) is 3.23. The van der Waals surface area contributed by atoms with Gasteiger partial charge in [-0.15, -0.1) is 0 Å². The molecule has 1 atom stereocenters. The molecule has 1 aliphatic rings. The van der Waals surface area contributed by atoms with E-state index < -0.39 is 0 Å². The summed E-state index contributed by atoms with van der Waals surface area (Å²) in [7, 11) is 0. The van der Waals surface area contributed by atoms with Gasteiger partial charge in [-0.3, -0.25) is 0 Å². The summed E-state index contributed by atoms with van der Waals surface area (Å²) >= 11 is 2.43.